The van der Waals surface area contributed by atoms with Gasteiger partial charge in [-0.05, 0) is 44.2 Å². The lowest BCUT2D eigenvalue weighted by molar-refractivity contribution is -0.132. The zero-order chi connectivity index (χ0) is 16.2. The number of nitrogens with one attached hydrogen (secondary N) is 1. The maximum Gasteiger partial charge on any atom is 0.223 e. The summed E-state index contributed by atoms with van der Waals surface area (Å²) in [6.45, 7) is 3.11. The lowest BCUT2D eigenvalue weighted by Crippen LogP contribution is -2.35. The number of rotatable bonds is 6. The van der Waals surface area contributed by atoms with E-state index in [1.807, 2.05) is 30.0 Å². The molecule has 1 aliphatic rings. The van der Waals surface area contributed by atoms with Crippen LogP contribution in [0.4, 0.5) is 0 Å². The number of aliphatic hydroxyl groups is 1. The van der Waals surface area contributed by atoms with Crippen molar-refractivity contribution in [2.75, 3.05) is 13.2 Å². The largest absolute Gasteiger partial charge is 0.396 e. The molecule has 23 heavy (non-hydrogen) atoms. The van der Waals surface area contributed by atoms with Crippen LogP contribution in [-0.4, -0.2) is 45.1 Å². The fourth-order valence-corrected chi connectivity index (χ4v) is 3.51. The van der Waals surface area contributed by atoms with Crippen LogP contribution in [0.5, 0.6) is 0 Å². The molecule has 2 heterocycles. The summed E-state index contributed by atoms with van der Waals surface area (Å²) >= 11 is 0. The Morgan fingerprint density at radius 2 is 2.35 bits per heavy atom. The van der Waals surface area contributed by atoms with Gasteiger partial charge in [0.05, 0.1) is 11.0 Å². The Kier molecular flexibility index (Phi) is 4.96. The van der Waals surface area contributed by atoms with Crippen LogP contribution in [0.1, 0.15) is 43.5 Å². The molecule has 1 atom stereocenters. The number of imidazole rings is 1. The molecule has 1 amide bonds. The molecule has 1 aromatic carbocycles. The summed E-state index contributed by atoms with van der Waals surface area (Å²) in [5.41, 5.74) is 3.19. The van der Waals surface area contributed by atoms with Gasteiger partial charge in [0.25, 0.3) is 0 Å². The van der Waals surface area contributed by atoms with Gasteiger partial charge in [-0.3, -0.25) is 4.79 Å². The van der Waals surface area contributed by atoms with Crippen molar-refractivity contribution < 1.29 is 9.90 Å². The highest BCUT2D eigenvalue weighted by molar-refractivity contribution is 5.79. The molecule has 3 rings (SSSR count). The van der Waals surface area contributed by atoms with Gasteiger partial charge in [-0.1, -0.05) is 12.1 Å². The molecule has 0 radical (unpaired) electrons. The van der Waals surface area contributed by atoms with E-state index >= 15 is 0 Å². The number of hydrogen-bond acceptors (Lipinski definition) is 3. The number of aromatic nitrogens is 2. The first-order chi connectivity index (χ1) is 11.2. The van der Waals surface area contributed by atoms with Gasteiger partial charge in [0.1, 0.15) is 5.82 Å². The predicted molar refractivity (Wildman–Crippen MR) is 90.2 cm³/mol. The Morgan fingerprint density at radius 1 is 1.48 bits per heavy atom. The van der Waals surface area contributed by atoms with Crippen LogP contribution in [0.15, 0.2) is 18.2 Å². The molecule has 1 aromatic heterocycles. The minimum absolute atomic E-state index is 0.205. The lowest BCUT2D eigenvalue weighted by Gasteiger charge is -2.24. The number of aryl methyl sites for hydroxylation is 2. The van der Waals surface area contributed by atoms with Crippen molar-refractivity contribution in [1.29, 1.82) is 0 Å². The standard InChI is InChI=1S/C18H25N3O2/c1-13-5-2-8-15-18(13)20-16(19-15)9-10-17(23)21-11-3-6-14(21)7-4-12-22/h2,5,8,14,22H,3-4,6-7,9-12H2,1H3,(H,19,20). The minimum atomic E-state index is 0.205. The Hall–Kier alpha value is -1.88. The van der Waals surface area contributed by atoms with Crippen molar-refractivity contribution >= 4 is 16.9 Å². The first kappa shape index (κ1) is 16.0. The Bertz CT molecular complexity index is 680. The molecule has 1 saturated heterocycles. The van der Waals surface area contributed by atoms with Gasteiger partial charge in [0, 0.05) is 32.0 Å². The van der Waals surface area contributed by atoms with E-state index in [1.54, 1.807) is 0 Å². The summed E-state index contributed by atoms with van der Waals surface area (Å²) < 4.78 is 0. The van der Waals surface area contributed by atoms with Crippen LogP contribution in [0.3, 0.4) is 0 Å². The van der Waals surface area contributed by atoms with E-state index in [1.165, 1.54) is 0 Å². The topological polar surface area (TPSA) is 69.2 Å². The summed E-state index contributed by atoms with van der Waals surface area (Å²) in [6.07, 6.45) is 4.97. The number of fused-ring (bicyclic) bond motifs is 1. The number of para-hydroxylation sites is 1. The van der Waals surface area contributed by atoms with Crippen LogP contribution >= 0.6 is 0 Å². The summed E-state index contributed by atoms with van der Waals surface area (Å²) in [4.78, 5) is 22.4. The zero-order valence-electron chi connectivity index (χ0n) is 13.7. The van der Waals surface area contributed by atoms with Crippen molar-refractivity contribution in [3.63, 3.8) is 0 Å². The maximum absolute atomic E-state index is 12.5. The van der Waals surface area contributed by atoms with Crippen LogP contribution in [0, 0.1) is 6.92 Å². The van der Waals surface area contributed by atoms with Crippen molar-refractivity contribution in [1.82, 2.24) is 14.9 Å². The Balaban J connectivity index is 1.60. The van der Waals surface area contributed by atoms with Gasteiger partial charge >= 0.3 is 0 Å². The second kappa shape index (κ2) is 7.13. The van der Waals surface area contributed by atoms with Gasteiger partial charge < -0.3 is 15.0 Å². The van der Waals surface area contributed by atoms with Crippen LogP contribution < -0.4 is 0 Å². The quantitative estimate of drug-likeness (QED) is 0.861. The van der Waals surface area contributed by atoms with Crippen molar-refractivity contribution in [3.05, 3.63) is 29.6 Å². The van der Waals surface area contributed by atoms with Gasteiger partial charge in [-0.15, -0.1) is 0 Å². The Labute approximate surface area is 136 Å². The Morgan fingerprint density at radius 3 is 3.13 bits per heavy atom. The highest BCUT2D eigenvalue weighted by Crippen LogP contribution is 2.23. The highest BCUT2D eigenvalue weighted by Gasteiger charge is 2.27. The molecule has 5 heteroatoms. The summed E-state index contributed by atoms with van der Waals surface area (Å²) in [6, 6.07) is 6.40. The first-order valence-corrected chi connectivity index (χ1v) is 8.53. The van der Waals surface area contributed by atoms with E-state index in [9.17, 15) is 4.79 Å². The van der Waals surface area contributed by atoms with Crippen molar-refractivity contribution in [2.45, 2.75) is 51.5 Å². The molecular formula is C18H25N3O2. The average molecular weight is 315 g/mol. The number of aromatic amines is 1. The van der Waals surface area contributed by atoms with Gasteiger partial charge in [-0.25, -0.2) is 4.98 Å². The molecule has 1 fully saturated rings. The third kappa shape index (κ3) is 3.55. The fourth-order valence-electron chi connectivity index (χ4n) is 3.51. The number of nitrogens with zero attached hydrogens (tertiary/aromatic N) is 2. The number of aliphatic hydroxyl groups excluding tert-OH is 1. The van der Waals surface area contributed by atoms with E-state index in [2.05, 4.69) is 9.97 Å². The minimum Gasteiger partial charge on any atom is -0.396 e. The van der Waals surface area contributed by atoms with Crippen LogP contribution in [0.2, 0.25) is 0 Å². The molecule has 0 spiro atoms. The van der Waals surface area contributed by atoms with E-state index in [0.717, 1.165) is 54.6 Å². The molecule has 2 N–H and O–H groups in total. The fraction of sp³-hybridized carbons (Fsp3) is 0.556. The number of carbonyl (C=O) groups is 1. The van der Waals surface area contributed by atoms with E-state index in [0.29, 0.717) is 18.9 Å². The number of likely N-dealkylation sites (tertiary alicyclic amines) is 1. The van der Waals surface area contributed by atoms with Crippen molar-refractivity contribution in [2.24, 2.45) is 0 Å². The van der Waals surface area contributed by atoms with E-state index in [-0.39, 0.29) is 12.5 Å². The zero-order valence-corrected chi connectivity index (χ0v) is 13.7. The average Bonchev–Trinajstić information content (AvgIpc) is 3.17. The second-order valence-corrected chi connectivity index (χ2v) is 6.40. The summed E-state index contributed by atoms with van der Waals surface area (Å²) in [5.74, 6) is 1.09. The summed E-state index contributed by atoms with van der Waals surface area (Å²) in [7, 11) is 0. The number of carbonyl (C=O) groups excluding carboxylic acids is 1. The SMILES string of the molecule is Cc1cccc2[nH]c(CCC(=O)N3CCCC3CCCO)nc12. The summed E-state index contributed by atoms with van der Waals surface area (Å²) in [5, 5.41) is 8.98. The van der Waals surface area contributed by atoms with Gasteiger partial charge in [-0.2, -0.15) is 0 Å². The molecule has 0 aliphatic carbocycles. The molecule has 5 nitrogen and oxygen atoms in total. The highest BCUT2D eigenvalue weighted by atomic mass is 16.3. The molecule has 2 aromatic rings. The normalized spacial score (nSPS) is 18.0. The predicted octanol–water partition coefficient (Wildman–Crippen LogP) is 2.57. The van der Waals surface area contributed by atoms with Gasteiger partial charge in [0.2, 0.25) is 5.91 Å². The molecular weight excluding hydrogens is 290 g/mol. The second-order valence-electron chi connectivity index (χ2n) is 6.40. The van der Waals surface area contributed by atoms with Crippen molar-refractivity contribution in [3.8, 4) is 0 Å². The van der Waals surface area contributed by atoms with E-state index in [4.69, 9.17) is 5.11 Å². The third-order valence-electron chi connectivity index (χ3n) is 4.73. The van der Waals surface area contributed by atoms with Crippen LogP contribution in [0.25, 0.3) is 11.0 Å². The molecule has 0 saturated carbocycles. The van der Waals surface area contributed by atoms with Gasteiger partial charge in [0.15, 0.2) is 0 Å². The monoisotopic (exact) mass is 315 g/mol. The third-order valence-corrected chi connectivity index (χ3v) is 4.73. The number of amides is 1. The van der Waals surface area contributed by atoms with Crippen LogP contribution in [-0.2, 0) is 11.2 Å². The molecule has 0 bridgehead atoms. The maximum atomic E-state index is 12.5. The lowest BCUT2D eigenvalue weighted by atomic mass is 10.1. The number of hydrogen-bond donors (Lipinski definition) is 2. The smallest absolute Gasteiger partial charge is 0.223 e. The number of H-pyrrole nitrogens is 1. The molecule has 1 aliphatic heterocycles. The van der Waals surface area contributed by atoms with E-state index < -0.39 is 0 Å². The molecule has 124 valence electrons. The first-order valence-electron chi connectivity index (χ1n) is 8.53. The number of benzene rings is 1. The molecule has 1 unspecified atom stereocenters.